The van der Waals surface area contributed by atoms with Crippen molar-refractivity contribution in [3.8, 4) is 0 Å². The van der Waals surface area contributed by atoms with Gasteiger partial charge in [-0.3, -0.25) is 9.59 Å². The molecule has 1 aliphatic rings. The van der Waals surface area contributed by atoms with Crippen LogP contribution < -0.4 is 16.0 Å². The molecule has 7 heteroatoms. The van der Waals surface area contributed by atoms with Gasteiger partial charge in [-0.2, -0.15) is 0 Å². The molecule has 0 saturated heterocycles. The van der Waals surface area contributed by atoms with E-state index in [1.807, 2.05) is 13.8 Å². The number of carboxylic acid groups (broad SMARTS) is 1. The fraction of sp³-hybridized carbons (Fsp3) is 0.750. The molecule has 0 heterocycles. The molecular formula is C12H21N3O4. The topological polar surface area (TPSA) is 108 Å². The van der Waals surface area contributed by atoms with Crippen molar-refractivity contribution in [1.82, 2.24) is 16.0 Å². The Bertz CT molecular complexity index is 364. The molecule has 3 amide bonds. The molecule has 1 aliphatic carbocycles. The van der Waals surface area contributed by atoms with E-state index in [0.717, 1.165) is 6.42 Å². The van der Waals surface area contributed by atoms with Crippen LogP contribution in [0.2, 0.25) is 0 Å². The first-order chi connectivity index (χ1) is 8.85. The van der Waals surface area contributed by atoms with E-state index < -0.39 is 17.4 Å². The molecule has 108 valence electrons. The summed E-state index contributed by atoms with van der Waals surface area (Å²) in [6.45, 7) is 3.63. The van der Waals surface area contributed by atoms with Gasteiger partial charge in [0.15, 0.2) is 0 Å². The monoisotopic (exact) mass is 271 g/mol. The molecule has 0 aromatic carbocycles. The van der Waals surface area contributed by atoms with Crippen LogP contribution >= 0.6 is 0 Å². The zero-order chi connectivity index (χ0) is 14.5. The van der Waals surface area contributed by atoms with Crippen molar-refractivity contribution in [3.05, 3.63) is 0 Å². The van der Waals surface area contributed by atoms with Gasteiger partial charge in [0.2, 0.25) is 5.91 Å². The van der Waals surface area contributed by atoms with Crippen LogP contribution in [-0.2, 0) is 9.59 Å². The fourth-order valence-electron chi connectivity index (χ4n) is 1.92. The number of amides is 3. The number of hydrogen-bond acceptors (Lipinski definition) is 3. The third kappa shape index (κ3) is 4.42. The van der Waals surface area contributed by atoms with Crippen molar-refractivity contribution in [2.24, 2.45) is 5.41 Å². The second-order valence-corrected chi connectivity index (χ2v) is 5.20. The summed E-state index contributed by atoms with van der Waals surface area (Å²) in [4.78, 5) is 33.8. The Morgan fingerprint density at radius 2 is 1.84 bits per heavy atom. The summed E-state index contributed by atoms with van der Waals surface area (Å²) < 4.78 is 0. The predicted molar refractivity (Wildman–Crippen MR) is 68.6 cm³/mol. The van der Waals surface area contributed by atoms with Gasteiger partial charge in [0, 0.05) is 12.6 Å². The number of hydrogen-bond donors (Lipinski definition) is 4. The molecule has 1 saturated carbocycles. The highest BCUT2D eigenvalue weighted by molar-refractivity contribution is 5.84. The average Bonchev–Trinajstić information content (AvgIpc) is 2.23. The first-order valence-corrected chi connectivity index (χ1v) is 6.40. The van der Waals surface area contributed by atoms with E-state index in [0.29, 0.717) is 12.8 Å². The Balaban J connectivity index is 2.25. The lowest BCUT2D eigenvalue weighted by molar-refractivity contribution is -0.153. The highest BCUT2D eigenvalue weighted by Gasteiger charge is 2.44. The highest BCUT2D eigenvalue weighted by Crippen LogP contribution is 2.40. The van der Waals surface area contributed by atoms with Crippen LogP contribution in [0, 0.1) is 5.41 Å². The summed E-state index contributed by atoms with van der Waals surface area (Å²) in [5.74, 6) is -1.15. The van der Waals surface area contributed by atoms with Crippen LogP contribution in [0.15, 0.2) is 0 Å². The number of urea groups is 1. The molecule has 7 nitrogen and oxygen atoms in total. The van der Waals surface area contributed by atoms with Gasteiger partial charge in [0.05, 0.1) is 12.0 Å². The van der Waals surface area contributed by atoms with Crippen LogP contribution in [0.5, 0.6) is 0 Å². The normalized spacial score (nSPS) is 16.4. The third-order valence-corrected chi connectivity index (χ3v) is 3.21. The van der Waals surface area contributed by atoms with E-state index in [4.69, 9.17) is 5.11 Å². The van der Waals surface area contributed by atoms with Crippen molar-refractivity contribution in [2.75, 3.05) is 13.1 Å². The number of rotatable bonds is 6. The summed E-state index contributed by atoms with van der Waals surface area (Å²) in [5.41, 5.74) is -0.822. The molecule has 0 aliphatic heterocycles. The van der Waals surface area contributed by atoms with Gasteiger partial charge < -0.3 is 21.1 Å². The standard InChI is InChI=1S/C12H21N3O4/c1-8(2)15-9(16)6-13-11(19)14-7-12(10(17)18)4-3-5-12/h8H,3-7H2,1-2H3,(H,15,16)(H,17,18)(H2,13,14,19). The van der Waals surface area contributed by atoms with Gasteiger partial charge in [-0.05, 0) is 26.7 Å². The maximum atomic E-state index is 11.4. The second kappa shape index (κ2) is 6.40. The molecule has 19 heavy (non-hydrogen) atoms. The predicted octanol–water partition coefficient (Wildman–Crippen LogP) is 0.0651. The van der Waals surface area contributed by atoms with E-state index in [1.165, 1.54) is 0 Å². The van der Waals surface area contributed by atoms with Crippen LogP contribution in [0.4, 0.5) is 4.79 Å². The summed E-state index contributed by atoms with van der Waals surface area (Å²) >= 11 is 0. The first kappa shape index (κ1) is 15.3. The van der Waals surface area contributed by atoms with Gasteiger partial charge in [-0.1, -0.05) is 6.42 Å². The quantitative estimate of drug-likeness (QED) is 0.548. The molecule has 0 radical (unpaired) electrons. The van der Waals surface area contributed by atoms with Crippen molar-refractivity contribution in [1.29, 1.82) is 0 Å². The molecule has 0 atom stereocenters. The Morgan fingerprint density at radius 1 is 1.21 bits per heavy atom. The molecule has 1 fully saturated rings. The SMILES string of the molecule is CC(C)NC(=O)CNC(=O)NCC1(C(=O)O)CCC1. The van der Waals surface area contributed by atoms with Gasteiger partial charge in [0.1, 0.15) is 0 Å². The van der Waals surface area contributed by atoms with Gasteiger partial charge in [0.25, 0.3) is 0 Å². The molecular weight excluding hydrogens is 250 g/mol. The van der Waals surface area contributed by atoms with Crippen molar-refractivity contribution < 1.29 is 19.5 Å². The third-order valence-electron chi connectivity index (χ3n) is 3.21. The Labute approximate surface area is 112 Å². The van der Waals surface area contributed by atoms with E-state index in [9.17, 15) is 14.4 Å². The maximum Gasteiger partial charge on any atom is 0.315 e. The Kier molecular flexibility index (Phi) is 5.14. The van der Waals surface area contributed by atoms with Gasteiger partial charge in [-0.25, -0.2) is 4.79 Å². The molecule has 0 bridgehead atoms. The zero-order valence-electron chi connectivity index (χ0n) is 11.3. The van der Waals surface area contributed by atoms with E-state index >= 15 is 0 Å². The fourth-order valence-corrected chi connectivity index (χ4v) is 1.92. The lowest BCUT2D eigenvalue weighted by atomic mass is 9.69. The number of carbonyl (C=O) groups excluding carboxylic acids is 2. The molecule has 0 aromatic heterocycles. The van der Waals surface area contributed by atoms with Crippen LogP contribution in [-0.4, -0.2) is 42.1 Å². The van der Waals surface area contributed by atoms with Gasteiger partial charge in [-0.15, -0.1) is 0 Å². The summed E-state index contributed by atoms with van der Waals surface area (Å²) in [6.07, 6.45) is 2.03. The number of nitrogens with one attached hydrogen (secondary N) is 3. The van der Waals surface area contributed by atoms with Crippen LogP contribution in [0.1, 0.15) is 33.1 Å². The molecule has 1 rings (SSSR count). The minimum atomic E-state index is -0.878. The van der Waals surface area contributed by atoms with Gasteiger partial charge >= 0.3 is 12.0 Å². The van der Waals surface area contributed by atoms with Crippen molar-refractivity contribution >= 4 is 17.9 Å². The van der Waals surface area contributed by atoms with E-state index in [-0.39, 0.29) is 25.0 Å². The summed E-state index contributed by atoms with van der Waals surface area (Å²) in [6, 6.07) is -0.506. The highest BCUT2D eigenvalue weighted by atomic mass is 16.4. The van der Waals surface area contributed by atoms with Crippen molar-refractivity contribution in [2.45, 2.75) is 39.2 Å². The lowest BCUT2D eigenvalue weighted by Crippen LogP contribution is -2.51. The van der Waals surface area contributed by atoms with Crippen LogP contribution in [0.3, 0.4) is 0 Å². The van der Waals surface area contributed by atoms with E-state index in [1.54, 1.807) is 0 Å². The summed E-state index contributed by atoms with van der Waals surface area (Å²) in [5, 5.41) is 16.6. The average molecular weight is 271 g/mol. The minimum Gasteiger partial charge on any atom is -0.481 e. The second-order valence-electron chi connectivity index (χ2n) is 5.20. The molecule has 0 spiro atoms. The molecule has 0 unspecified atom stereocenters. The number of carboxylic acids is 1. The molecule has 4 N–H and O–H groups in total. The minimum absolute atomic E-state index is 0.0163. The smallest absolute Gasteiger partial charge is 0.315 e. The zero-order valence-corrected chi connectivity index (χ0v) is 11.3. The number of carbonyl (C=O) groups is 3. The Morgan fingerprint density at radius 3 is 2.26 bits per heavy atom. The lowest BCUT2D eigenvalue weighted by Gasteiger charge is -2.37. The maximum absolute atomic E-state index is 11.4. The Hall–Kier alpha value is -1.79. The van der Waals surface area contributed by atoms with Crippen molar-refractivity contribution in [3.63, 3.8) is 0 Å². The van der Waals surface area contributed by atoms with E-state index in [2.05, 4.69) is 16.0 Å². The number of aliphatic carboxylic acids is 1. The van der Waals surface area contributed by atoms with Crippen LogP contribution in [0.25, 0.3) is 0 Å². The first-order valence-electron chi connectivity index (χ1n) is 6.40. The summed E-state index contributed by atoms with van der Waals surface area (Å²) in [7, 11) is 0. The largest absolute Gasteiger partial charge is 0.481 e. The molecule has 0 aromatic rings.